The molecular weight excluding hydrogens is 340 g/mol. The average Bonchev–Trinajstić information content (AvgIpc) is 3.27. The third-order valence-electron chi connectivity index (χ3n) is 3.78. The minimum absolute atomic E-state index is 0.190. The molecule has 2 N–H and O–H groups in total. The number of aliphatic hydroxyl groups excluding tert-OH is 1. The molecule has 0 spiro atoms. The van der Waals surface area contributed by atoms with Crippen LogP contribution in [-0.4, -0.2) is 31.8 Å². The fourth-order valence-corrected chi connectivity index (χ4v) is 3.49. The summed E-state index contributed by atoms with van der Waals surface area (Å²) in [5, 5.41) is 17.9. The van der Waals surface area contributed by atoms with Crippen molar-refractivity contribution in [3.63, 3.8) is 0 Å². The second-order valence-electron chi connectivity index (χ2n) is 5.98. The molecule has 0 saturated carbocycles. The van der Waals surface area contributed by atoms with E-state index < -0.39 is 6.10 Å². The Morgan fingerprint density at radius 3 is 2.96 bits per heavy atom. The van der Waals surface area contributed by atoms with Crippen LogP contribution in [-0.2, 0) is 7.05 Å². The number of aliphatic hydroxyl groups is 1. The van der Waals surface area contributed by atoms with Gasteiger partial charge in [0.25, 0.3) is 5.91 Å². The summed E-state index contributed by atoms with van der Waals surface area (Å²) in [6, 6.07) is 3.23. The lowest BCUT2D eigenvalue weighted by molar-refractivity contribution is 0.0906. The molecule has 25 heavy (non-hydrogen) atoms. The van der Waals surface area contributed by atoms with Crippen LogP contribution in [0.25, 0.3) is 10.6 Å². The van der Waals surface area contributed by atoms with Crippen LogP contribution in [0.2, 0.25) is 0 Å². The zero-order chi connectivity index (χ0) is 18.0. The Morgan fingerprint density at radius 2 is 2.32 bits per heavy atom. The molecule has 0 fully saturated rings. The molecule has 7 nitrogen and oxygen atoms in total. The van der Waals surface area contributed by atoms with Crippen LogP contribution in [0.5, 0.6) is 0 Å². The van der Waals surface area contributed by atoms with Crippen molar-refractivity contribution < 1.29 is 14.3 Å². The second kappa shape index (κ2) is 7.20. The smallest absolute Gasteiger partial charge is 0.263 e. The number of rotatable bonds is 6. The van der Waals surface area contributed by atoms with Crippen LogP contribution in [0.1, 0.15) is 40.6 Å². The number of thiazole rings is 1. The number of hydrogen-bond acceptors (Lipinski definition) is 6. The molecule has 8 heteroatoms. The maximum Gasteiger partial charge on any atom is 0.263 e. The number of carbonyl (C=O) groups is 1. The molecule has 0 saturated heterocycles. The van der Waals surface area contributed by atoms with Crippen molar-refractivity contribution in [1.29, 1.82) is 0 Å². The van der Waals surface area contributed by atoms with Gasteiger partial charge < -0.3 is 14.8 Å². The number of amides is 1. The lowest BCUT2D eigenvalue weighted by Crippen LogP contribution is -2.33. The van der Waals surface area contributed by atoms with Crippen molar-refractivity contribution in [2.24, 2.45) is 7.05 Å². The minimum Gasteiger partial charge on any atom is -0.467 e. The van der Waals surface area contributed by atoms with E-state index in [1.165, 1.54) is 17.6 Å². The van der Waals surface area contributed by atoms with Crippen molar-refractivity contribution in [3.8, 4) is 10.6 Å². The summed E-state index contributed by atoms with van der Waals surface area (Å²) in [4.78, 5) is 17.6. The monoisotopic (exact) mass is 360 g/mol. The standard InChI is InChI=1S/C17H20N4O3S/c1-10(7-13(22)14-5-4-6-24-14)19-16(23)15-11(2)20-17(25-15)12-8-18-21(3)9-12/h4-6,8-10,13,22H,7H2,1-3H3,(H,19,23)/t10-,13-/m1/s1. The highest BCUT2D eigenvalue weighted by Gasteiger charge is 2.21. The second-order valence-corrected chi connectivity index (χ2v) is 6.98. The first-order valence-corrected chi connectivity index (χ1v) is 8.74. The van der Waals surface area contributed by atoms with Crippen LogP contribution < -0.4 is 5.32 Å². The molecule has 0 aliphatic heterocycles. The minimum atomic E-state index is -0.751. The van der Waals surface area contributed by atoms with Gasteiger partial charge in [0.15, 0.2) is 0 Å². The molecule has 2 atom stereocenters. The van der Waals surface area contributed by atoms with Crippen molar-refractivity contribution in [3.05, 3.63) is 47.1 Å². The van der Waals surface area contributed by atoms with Gasteiger partial charge in [-0.25, -0.2) is 4.98 Å². The number of aryl methyl sites for hydroxylation is 2. The number of hydrogen-bond donors (Lipinski definition) is 2. The van der Waals surface area contributed by atoms with Gasteiger partial charge in [-0.2, -0.15) is 5.10 Å². The van der Waals surface area contributed by atoms with E-state index in [0.29, 0.717) is 22.8 Å². The highest BCUT2D eigenvalue weighted by molar-refractivity contribution is 7.17. The Balaban J connectivity index is 1.66. The Morgan fingerprint density at radius 1 is 1.52 bits per heavy atom. The quantitative estimate of drug-likeness (QED) is 0.705. The summed E-state index contributed by atoms with van der Waals surface area (Å²) in [5.41, 5.74) is 1.57. The first kappa shape index (κ1) is 17.4. The zero-order valence-electron chi connectivity index (χ0n) is 14.3. The summed E-state index contributed by atoms with van der Waals surface area (Å²) in [6.45, 7) is 3.66. The van der Waals surface area contributed by atoms with Crippen molar-refractivity contribution in [2.75, 3.05) is 0 Å². The lowest BCUT2D eigenvalue weighted by Gasteiger charge is -2.16. The number of carbonyl (C=O) groups excluding carboxylic acids is 1. The summed E-state index contributed by atoms with van der Waals surface area (Å²) in [7, 11) is 1.84. The molecule has 3 rings (SSSR count). The van der Waals surface area contributed by atoms with Gasteiger partial charge in [-0.1, -0.05) is 0 Å². The van der Waals surface area contributed by atoms with E-state index in [2.05, 4.69) is 15.4 Å². The van der Waals surface area contributed by atoms with Crippen LogP contribution >= 0.6 is 11.3 Å². The number of furan rings is 1. The summed E-state index contributed by atoms with van der Waals surface area (Å²) < 4.78 is 6.88. The Bertz CT molecular complexity index is 853. The van der Waals surface area contributed by atoms with Gasteiger partial charge >= 0.3 is 0 Å². The van der Waals surface area contributed by atoms with Crippen molar-refractivity contribution >= 4 is 17.2 Å². The van der Waals surface area contributed by atoms with Gasteiger partial charge in [-0.3, -0.25) is 9.48 Å². The van der Waals surface area contributed by atoms with E-state index in [1.807, 2.05) is 27.1 Å². The summed E-state index contributed by atoms with van der Waals surface area (Å²) in [6.07, 6.45) is 4.72. The van der Waals surface area contributed by atoms with Crippen molar-refractivity contribution in [2.45, 2.75) is 32.4 Å². The highest BCUT2D eigenvalue weighted by atomic mass is 32.1. The van der Waals surface area contributed by atoms with Crippen LogP contribution in [0.15, 0.2) is 35.2 Å². The van der Waals surface area contributed by atoms with Crippen molar-refractivity contribution in [1.82, 2.24) is 20.1 Å². The van der Waals surface area contributed by atoms with E-state index in [9.17, 15) is 9.90 Å². The molecule has 3 aromatic rings. The Labute approximate surface area is 149 Å². The fraction of sp³-hybridized carbons (Fsp3) is 0.353. The number of nitrogens with one attached hydrogen (secondary N) is 1. The molecule has 0 aromatic carbocycles. The maximum absolute atomic E-state index is 12.5. The molecular formula is C17H20N4O3S. The van der Waals surface area contributed by atoms with E-state index in [1.54, 1.807) is 23.0 Å². The van der Waals surface area contributed by atoms with Gasteiger partial charge in [-0.05, 0) is 26.0 Å². The van der Waals surface area contributed by atoms with E-state index in [-0.39, 0.29) is 11.9 Å². The predicted molar refractivity (Wildman–Crippen MR) is 94.3 cm³/mol. The molecule has 1 amide bonds. The summed E-state index contributed by atoms with van der Waals surface area (Å²) >= 11 is 1.34. The average molecular weight is 360 g/mol. The molecule has 0 bridgehead atoms. The van der Waals surface area contributed by atoms with Gasteiger partial charge in [0.2, 0.25) is 0 Å². The molecule has 132 valence electrons. The van der Waals surface area contributed by atoms with E-state index in [0.717, 1.165) is 10.6 Å². The molecule has 0 aliphatic carbocycles. The lowest BCUT2D eigenvalue weighted by atomic mass is 10.1. The largest absolute Gasteiger partial charge is 0.467 e. The Hall–Kier alpha value is -2.45. The molecule has 0 unspecified atom stereocenters. The third-order valence-corrected chi connectivity index (χ3v) is 4.99. The molecule has 3 heterocycles. The fourth-order valence-electron chi connectivity index (χ4n) is 2.54. The molecule has 0 radical (unpaired) electrons. The van der Waals surface area contributed by atoms with Crippen LogP contribution in [0, 0.1) is 6.92 Å². The molecule has 3 aromatic heterocycles. The first-order chi connectivity index (χ1) is 11.9. The zero-order valence-corrected chi connectivity index (χ0v) is 15.1. The van der Waals surface area contributed by atoms with Gasteiger partial charge in [0.1, 0.15) is 21.7 Å². The normalized spacial score (nSPS) is 13.6. The van der Waals surface area contributed by atoms with Gasteiger partial charge in [0, 0.05) is 31.3 Å². The SMILES string of the molecule is Cc1nc(-c2cnn(C)c2)sc1C(=O)N[C@H](C)C[C@@H](O)c1ccco1. The number of aromatic nitrogens is 3. The van der Waals surface area contributed by atoms with E-state index >= 15 is 0 Å². The van der Waals surface area contributed by atoms with Gasteiger partial charge in [0.05, 0.1) is 18.2 Å². The Kier molecular flexibility index (Phi) is 5.00. The molecule has 0 aliphatic rings. The summed E-state index contributed by atoms with van der Waals surface area (Å²) in [5.74, 6) is 0.304. The topological polar surface area (TPSA) is 93.2 Å². The van der Waals surface area contributed by atoms with Crippen LogP contribution in [0.4, 0.5) is 0 Å². The highest BCUT2D eigenvalue weighted by Crippen LogP contribution is 2.27. The van der Waals surface area contributed by atoms with E-state index in [4.69, 9.17) is 4.42 Å². The van der Waals surface area contributed by atoms with Gasteiger partial charge in [-0.15, -0.1) is 11.3 Å². The first-order valence-electron chi connectivity index (χ1n) is 7.93. The predicted octanol–water partition coefficient (Wildman–Crippen LogP) is 2.69. The van der Waals surface area contributed by atoms with Crippen LogP contribution in [0.3, 0.4) is 0 Å². The number of nitrogens with zero attached hydrogens (tertiary/aromatic N) is 3. The maximum atomic E-state index is 12.5. The third kappa shape index (κ3) is 3.97.